The van der Waals surface area contributed by atoms with E-state index in [0.717, 1.165) is 30.2 Å². The SMILES string of the molecule is O=C(Cc1nc(NNC2CC2)ncc1F)Nc1ccc(-c2cccnc2)cc1. The van der Waals surface area contributed by atoms with E-state index in [2.05, 4.69) is 31.1 Å². The van der Waals surface area contributed by atoms with Crippen LogP contribution in [0.2, 0.25) is 0 Å². The number of anilines is 2. The standard InChI is InChI=1S/C20H19FN6O/c21-17-12-23-20(27-26-16-7-8-16)25-18(17)10-19(28)24-15-5-3-13(4-6-15)14-2-1-9-22-11-14/h1-6,9,11-12,16,26H,7-8,10H2,(H,24,28)(H,23,25,27). The number of hydrazine groups is 1. The third kappa shape index (κ3) is 4.66. The summed E-state index contributed by atoms with van der Waals surface area (Å²) in [5, 5.41) is 2.76. The van der Waals surface area contributed by atoms with E-state index in [-0.39, 0.29) is 24.0 Å². The molecular weight excluding hydrogens is 359 g/mol. The summed E-state index contributed by atoms with van der Waals surface area (Å²) in [6.07, 6.45) is 6.54. The van der Waals surface area contributed by atoms with Gasteiger partial charge in [-0.05, 0) is 42.2 Å². The van der Waals surface area contributed by atoms with Gasteiger partial charge in [0, 0.05) is 24.1 Å². The van der Waals surface area contributed by atoms with Gasteiger partial charge in [0.2, 0.25) is 11.9 Å². The molecule has 1 fully saturated rings. The highest BCUT2D eigenvalue weighted by molar-refractivity contribution is 5.92. The maximum absolute atomic E-state index is 14.0. The number of benzene rings is 1. The van der Waals surface area contributed by atoms with Crippen LogP contribution in [-0.2, 0) is 11.2 Å². The number of carbonyl (C=O) groups excluding carboxylic acids is 1. The number of hydrogen-bond acceptors (Lipinski definition) is 6. The summed E-state index contributed by atoms with van der Waals surface area (Å²) < 4.78 is 14.0. The maximum Gasteiger partial charge on any atom is 0.237 e. The minimum atomic E-state index is -0.612. The lowest BCUT2D eigenvalue weighted by Crippen LogP contribution is -2.26. The summed E-state index contributed by atoms with van der Waals surface area (Å²) in [5.41, 5.74) is 8.52. The van der Waals surface area contributed by atoms with Crippen LogP contribution < -0.4 is 16.2 Å². The highest BCUT2D eigenvalue weighted by Gasteiger charge is 2.21. The van der Waals surface area contributed by atoms with Crippen molar-refractivity contribution in [1.29, 1.82) is 0 Å². The van der Waals surface area contributed by atoms with E-state index in [1.54, 1.807) is 24.5 Å². The molecule has 0 aliphatic heterocycles. The van der Waals surface area contributed by atoms with E-state index in [9.17, 15) is 9.18 Å². The molecule has 0 unspecified atom stereocenters. The Bertz CT molecular complexity index is 960. The Balaban J connectivity index is 1.38. The molecule has 0 radical (unpaired) electrons. The van der Waals surface area contributed by atoms with Crippen LogP contribution in [0.4, 0.5) is 16.0 Å². The zero-order chi connectivity index (χ0) is 19.3. The molecule has 1 aliphatic carbocycles. The summed E-state index contributed by atoms with van der Waals surface area (Å²) in [6, 6.07) is 11.6. The molecule has 0 bridgehead atoms. The molecule has 0 spiro atoms. The number of carbonyl (C=O) groups is 1. The first-order valence-corrected chi connectivity index (χ1v) is 9.00. The first-order valence-electron chi connectivity index (χ1n) is 9.00. The van der Waals surface area contributed by atoms with E-state index in [4.69, 9.17) is 0 Å². The number of halogens is 1. The van der Waals surface area contributed by atoms with E-state index < -0.39 is 5.82 Å². The zero-order valence-electron chi connectivity index (χ0n) is 15.0. The molecule has 0 saturated heterocycles. The number of hydrogen-bond donors (Lipinski definition) is 3. The topological polar surface area (TPSA) is 91.8 Å². The van der Waals surface area contributed by atoms with Gasteiger partial charge in [-0.3, -0.25) is 15.2 Å². The van der Waals surface area contributed by atoms with Crippen LogP contribution in [0.1, 0.15) is 18.5 Å². The summed E-state index contributed by atoms with van der Waals surface area (Å²) in [4.78, 5) is 24.3. The van der Waals surface area contributed by atoms with E-state index in [1.165, 1.54) is 0 Å². The van der Waals surface area contributed by atoms with Crippen LogP contribution in [0.3, 0.4) is 0 Å². The summed E-state index contributed by atoms with van der Waals surface area (Å²) >= 11 is 0. The lowest BCUT2D eigenvalue weighted by Gasteiger charge is -2.09. The monoisotopic (exact) mass is 378 g/mol. The van der Waals surface area contributed by atoms with Crippen LogP contribution in [0.15, 0.2) is 55.0 Å². The minimum Gasteiger partial charge on any atom is -0.326 e. The number of nitrogens with zero attached hydrogens (tertiary/aromatic N) is 3. The normalized spacial score (nSPS) is 13.2. The predicted octanol–water partition coefficient (Wildman–Crippen LogP) is 2.94. The van der Waals surface area contributed by atoms with Gasteiger partial charge in [-0.2, -0.15) is 0 Å². The van der Waals surface area contributed by atoms with Gasteiger partial charge < -0.3 is 5.32 Å². The van der Waals surface area contributed by atoms with Gasteiger partial charge in [0.25, 0.3) is 0 Å². The highest BCUT2D eigenvalue weighted by atomic mass is 19.1. The number of nitrogens with one attached hydrogen (secondary N) is 3. The van der Waals surface area contributed by atoms with Crippen LogP contribution in [0.25, 0.3) is 11.1 Å². The average molecular weight is 378 g/mol. The second-order valence-electron chi connectivity index (χ2n) is 6.58. The molecular formula is C20H19FN6O. The average Bonchev–Trinajstić information content (AvgIpc) is 3.54. The molecule has 1 aromatic carbocycles. The summed E-state index contributed by atoms with van der Waals surface area (Å²) in [6.45, 7) is 0. The number of rotatable bonds is 7. The Morgan fingerprint density at radius 2 is 1.93 bits per heavy atom. The quantitative estimate of drug-likeness (QED) is 0.548. The third-order valence-electron chi connectivity index (χ3n) is 4.27. The molecule has 8 heteroatoms. The van der Waals surface area contributed by atoms with Crippen molar-refractivity contribution in [3.8, 4) is 11.1 Å². The number of pyridine rings is 1. The zero-order valence-corrected chi connectivity index (χ0v) is 15.0. The van der Waals surface area contributed by atoms with Crippen LogP contribution in [-0.4, -0.2) is 26.9 Å². The molecule has 0 atom stereocenters. The molecule has 2 aromatic heterocycles. The first-order chi connectivity index (χ1) is 13.7. The van der Waals surface area contributed by atoms with Crippen molar-refractivity contribution in [1.82, 2.24) is 20.4 Å². The van der Waals surface area contributed by atoms with Crippen molar-refractivity contribution < 1.29 is 9.18 Å². The minimum absolute atomic E-state index is 0.0413. The molecule has 3 N–H and O–H groups in total. The smallest absolute Gasteiger partial charge is 0.237 e. The van der Waals surface area contributed by atoms with E-state index >= 15 is 0 Å². The number of aromatic nitrogens is 3. The molecule has 3 aromatic rings. The van der Waals surface area contributed by atoms with Gasteiger partial charge in [0.1, 0.15) is 0 Å². The van der Waals surface area contributed by atoms with Crippen LogP contribution in [0.5, 0.6) is 0 Å². The maximum atomic E-state index is 14.0. The Labute approximate surface area is 161 Å². The van der Waals surface area contributed by atoms with Crippen molar-refractivity contribution in [3.63, 3.8) is 0 Å². The molecule has 7 nitrogen and oxygen atoms in total. The molecule has 1 amide bonds. The fraction of sp³-hybridized carbons (Fsp3) is 0.200. The van der Waals surface area contributed by atoms with Gasteiger partial charge in [-0.1, -0.05) is 18.2 Å². The fourth-order valence-electron chi connectivity index (χ4n) is 2.62. The number of amides is 1. The first kappa shape index (κ1) is 18.0. The Morgan fingerprint density at radius 3 is 2.64 bits per heavy atom. The fourth-order valence-corrected chi connectivity index (χ4v) is 2.62. The largest absolute Gasteiger partial charge is 0.326 e. The molecule has 1 aliphatic rings. The van der Waals surface area contributed by atoms with Crippen LogP contribution >= 0.6 is 0 Å². The second kappa shape index (κ2) is 8.10. The molecule has 142 valence electrons. The van der Waals surface area contributed by atoms with Gasteiger partial charge in [0.05, 0.1) is 18.3 Å². The molecule has 28 heavy (non-hydrogen) atoms. The van der Waals surface area contributed by atoms with Crippen molar-refractivity contribution in [2.75, 3.05) is 10.7 Å². The van der Waals surface area contributed by atoms with Gasteiger partial charge in [-0.15, -0.1) is 0 Å². The van der Waals surface area contributed by atoms with Crippen molar-refractivity contribution >= 4 is 17.5 Å². The summed E-state index contributed by atoms with van der Waals surface area (Å²) in [7, 11) is 0. The molecule has 1 saturated carbocycles. The lowest BCUT2D eigenvalue weighted by atomic mass is 10.1. The molecule has 2 heterocycles. The lowest BCUT2D eigenvalue weighted by molar-refractivity contribution is -0.115. The Morgan fingerprint density at radius 1 is 1.11 bits per heavy atom. The van der Waals surface area contributed by atoms with Crippen LogP contribution in [0, 0.1) is 5.82 Å². The van der Waals surface area contributed by atoms with Gasteiger partial charge >= 0.3 is 0 Å². The van der Waals surface area contributed by atoms with Crippen molar-refractivity contribution in [2.24, 2.45) is 0 Å². The second-order valence-corrected chi connectivity index (χ2v) is 6.58. The highest BCUT2D eigenvalue weighted by Crippen LogP contribution is 2.21. The Hall–Kier alpha value is -3.39. The summed E-state index contributed by atoms with van der Waals surface area (Å²) in [5.74, 6) is -0.719. The third-order valence-corrected chi connectivity index (χ3v) is 4.27. The van der Waals surface area contributed by atoms with Gasteiger partial charge in [0.15, 0.2) is 5.82 Å². The molecule has 4 rings (SSSR count). The van der Waals surface area contributed by atoms with Crippen molar-refractivity contribution in [2.45, 2.75) is 25.3 Å². The van der Waals surface area contributed by atoms with Crippen molar-refractivity contribution in [3.05, 3.63) is 66.5 Å². The van der Waals surface area contributed by atoms with Gasteiger partial charge in [-0.25, -0.2) is 19.8 Å². The van der Waals surface area contributed by atoms with E-state index in [0.29, 0.717) is 11.7 Å². The Kier molecular flexibility index (Phi) is 5.20. The predicted molar refractivity (Wildman–Crippen MR) is 104 cm³/mol. The van der Waals surface area contributed by atoms with E-state index in [1.807, 2.05) is 24.3 Å².